The van der Waals surface area contributed by atoms with Gasteiger partial charge in [-0.05, 0) is 32.8 Å². The summed E-state index contributed by atoms with van der Waals surface area (Å²) in [4.78, 5) is 17.0. The SMILES string of the molecule is COCCN1C(C)CN(C(=O)CCc2cccc(C)c2)CC1C. The third-order valence-corrected chi connectivity index (χ3v) is 4.72. The van der Waals surface area contributed by atoms with Gasteiger partial charge in [0.2, 0.25) is 5.91 Å². The maximum atomic E-state index is 12.6. The number of aryl methyl sites for hydroxylation is 2. The van der Waals surface area contributed by atoms with Crippen molar-refractivity contribution in [2.45, 2.75) is 45.7 Å². The van der Waals surface area contributed by atoms with E-state index < -0.39 is 0 Å². The largest absolute Gasteiger partial charge is 0.383 e. The van der Waals surface area contributed by atoms with Gasteiger partial charge in [-0.15, -0.1) is 0 Å². The fourth-order valence-corrected chi connectivity index (χ4v) is 3.47. The van der Waals surface area contributed by atoms with Crippen molar-refractivity contribution in [1.82, 2.24) is 9.80 Å². The van der Waals surface area contributed by atoms with Gasteiger partial charge < -0.3 is 9.64 Å². The molecule has 0 bridgehead atoms. The quantitative estimate of drug-likeness (QED) is 0.808. The van der Waals surface area contributed by atoms with Gasteiger partial charge >= 0.3 is 0 Å². The van der Waals surface area contributed by atoms with Crippen LogP contribution < -0.4 is 0 Å². The Kier molecular flexibility index (Phi) is 6.60. The lowest BCUT2D eigenvalue weighted by Gasteiger charge is -2.44. The third-order valence-electron chi connectivity index (χ3n) is 4.72. The maximum absolute atomic E-state index is 12.6. The molecule has 1 aromatic rings. The van der Waals surface area contributed by atoms with E-state index in [2.05, 4.69) is 49.9 Å². The Bertz CT molecular complexity index is 506. The molecular formula is C19H30N2O2. The molecule has 4 nitrogen and oxygen atoms in total. The molecule has 23 heavy (non-hydrogen) atoms. The van der Waals surface area contributed by atoms with Crippen LogP contribution in [0.1, 0.15) is 31.4 Å². The van der Waals surface area contributed by atoms with Gasteiger partial charge in [-0.25, -0.2) is 0 Å². The predicted octanol–water partition coefficient (Wildman–Crippen LogP) is 2.50. The smallest absolute Gasteiger partial charge is 0.223 e. The van der Waals surface area contributed by atoms with Crippen LogP contribution in [0.3, 0.4) is 0 Å². The van der Waals surface area contributed by atoms with E-state index in [4.69, 9.17) is 4.74 Å². The Morgan fingerprint density at radius 1 is 1.26 bits per heavy atom. The number of benzene rings is 1. The fraction of sp³-hybridized carbons (Fsp3) is 0.632. The Balaban J connectivity index is 1.86. The van der Waals surface area contributed by atoms with E-state index in [1.54, 1.807) is 7.11 Å². The highest BCUT2D eigenvalue weighted by Gasteiger charge is 2.31. The van der Waals surface area contributed by atoms with Crippen molar-refractivity contribution in [3.63, 3.8) is 0 Å². The molecule has 0 N–H and O–H groups in total. The zero-order valence-corrected chi connectivity index (χ0v) is 14.9. The molecule has 0 radical (unpaired) electrons. The average Bonchev–Trinajstić information content (AvgIpc) is 2.52. The monoisotopic (exact) mass is 318 g/mol. The van der Waals surface area contributed by atoms with Crippen molar-refractivity contribution in [3.8, 4) is 0 Å². The molecule has 0 saturated carbocycles. The number of hydrogen-bond acceptors (Lipinski definition) is 3. The third kappa shape index (κ3) is 5.05. The van der Waals surface area contributed by atoms with E-state index in [0.717, 1.165) is 32.7 Å². The lowest BCUT2D eigenvalue weighted by Crippen LogP contribution is -2.58. The van der Waals surface area contributed by atoms with Gasteiger partial charge in [0, 0.05) is 45.2 Å². The van der Waals surface area contributed by atoms with Crippen molar-refractivity contribution in [1.29, 1.82) is 0 Å². The van der Waals surface area contributed by atoms with Gasteiger partial charge in [-0.1, -0.05) is 29.8 Å². The number of amides is 1. The summed E-state index contributed by atoms with van der Waals surface area (Å²) in [6.45, 7) is 9.81. The van der Waals surface area contributed by atoms with Crippen molar-refractivity contribution in [2.24, 2.45) is 0 Å². The molecule has 0 spiro atoms. The molecule has 1 fully saturated rings. The number of carbonyl (C=O) groups is 1. The summed E-state index contributed by atoms with van der Waals surface area (Å²) in [7, 11) is 1.74. The number of hydrogen-bond donors (Lipinski definition) is 0. The van der Waals surface area contributed by atoms with Gasteiger partial charge in [0.25, 0.3) is 0 Å². The van der Waals surface area contributed by atoms with Crippen LogP contribution in [-0.2, 0) is 16.0 Å². The summed E-state index contributed by atoms with van der Waals surface area (Å²) in [5.74, 6) is 0.275. The Hall–Kier alpha value is -1.39. The van der Waals surface area contributed by atoms with Crippen LogP contribution in [0.2, 0.25) is 0 Å². The summed E-state index contributed by atoms with van der Waals surface area (Å²) < 4.78 is 5.19. The highest BCUT2D eigenvalue weighted by atomic mass is 16.5. The van der Waals surface area contributed by atoms with Gasteiger partial charge in [0.1, 0.15) is 0 Å². The molecule has 0 aliphatic carbocycles. The number of rotatable bonds is 6. The minimum absolute atomic E-state index is 0.275. The van der Waals surface area contributed by atoms with Crippen molar-refractivity contribution >= 4 is 5.91 Å². The fourth-order valence-electron chi connectivity index (χ4n) is 3.47. The molecule has 1 aliphatic heterocycles. The molecule has 2 atom stereocenters. The first kappa shape index (κ1) is 18.0. The van der Waals surface area contributed by atoms with Crippen LogP contribution in [0.5, 0.6) is 0 Å². The molecule has 2 unspecified atom stereocenters. The lowest BCUT2D eigenvalue weighted by molar-refractivity contribution is -0.135. The standard InChI is InChI=1S/C19H30N2O2/c1-15-6-5-7-18(12-15)8-9-19(22)20-13-16(2)21(10-11-23-4)17(3)14-20/h5-7,12,16-17H,8-11,13-14H2,1-4H3. The van der Waals surface area contributed by atoms with E-state index in [1.807, 2.05) is 4.90 Å². The first-order valence-electron chi connectivity index (χ1n) is 8.59. The van der Waals surface area contributed by atoms with Gasteiger partial charge in [0.15, 0.2) is 0 Å². The Morgan fingerprint density at radius 3 is 2.57 bits per heavy atom. The molecule has 128 valence electrons. The summed E-state index contributed by atoms with van der Waals surface area (Å²) in [6, 6.07) is 9.20. The second kappa shape index (κ2) is 8.46. The zero-order valence-electron chi connectivity index (χ0n) is 14.9. The predicted molar refractivity (Wildman–Crippen MR) is 93.6 cm³/mol. The number of methoxy groups -OCH3 is 1. The average molecular weight is 318 g/mol. The van der Waals surface area contributed by atoms with Crippen molar-refractivity contribution < 1.29 is 9.53 Å². The lowest BCUT2D eigenvalue weighted by atomic mass is 10.0. The summed E-state index contributed by atoms with van der Waals surface area (Å²) in [5, 5.41) is 0. The van der Waals surface area contributed by atoms with E-state index in [-0.39, 0.29) is 5.91 Å². The highest BCUT2D eigenvalue weighted by molar-refractivity contribution is 5.76. The first-order valence-corrected chi connectivity index (χ1v) is 8.59. The highest BCUT2D eigenvalue weighted by Crippen LogP contribution is 2.17. The normalized spacial score (nSPS) is 22.3. The number of ether oxygens (including phenoxy) is 1. The summed E-state index contributed by atoms with van der Waals surface area (Å²) in [6.07, 6.45) is 1.42. The van der Waals surface area contributed by atoms with Crippen LogP contribution >= 0.6 is 0 Å². The molecule has 2 rings (SSSR count). The molecule has 1 heterocycles. The minimum atomic E-state index is 0.275. The zero-order chi connectivity index (χ0) is 16.8. The van der Waals surface area contributed by atoms with E-state index >= 15 is 0 Å². The molecular weight excluding hydrogens is 288 g/mol. The Morgan fingerprint density at radius 2 is 1.96 bits per heavy atom. The molecule has 1 aliphatic rings. The van der Waals surface area contributed by atoms with Crippen LogP contribution in [0.25, 0.3) is 0 Å². The first-order chi connectivity index (χ1) is 11.0. The van der Waals surface area contributed by atoms with E-state index in [9.17, 15) is 4.79 Å². The van der Waals surface area contributed by atoms with Crippen LogP contribution in [0.4, 0.5) is 0 Å². The van der Waals surface area contributed by atoms with Crippen molar-refractivity contribution in [3.05, 3.63) is 35.4 Å². The van der Waals surface area contributed by atoms with Crippen LogP contribution in [-0.4, -0.2) is 61.1 Å². The van der Waals surface area contributed by atoms with Gasteiger partial charge in [-0.3, -0.25) is 9.69 Å². The second-order valence-electron chi connectivity index (χ2n) is 6.72. The number of carbonyl (C=O) groups excluding carboxylic acids is 1. The van der Waals surface area contributed by atoms with Gasteiger partial charge in [-0.2, -0.15) is 0 Å². The van der Waals surface area contributed by atoms with Gasteiger partial charge in [0.05, 0.1) is 6.61 Å². The number of nitrogens with zero attached hydrogens (tertiary/aromatic N) is 2. The molecule has 1 saturated heterocycles. The van der Waals surface area contributed by atoms with Crippen molar-refractivity contribution in [2.75, 3.05) is 33.4 Å². The molecule has 0 aromatic heterocycles. The minimum Gasteiger partial charge on any atom is -0.383 e. The maximum Gasteiger partial charge on any atom is 0.223 e. The van der Waals surface area contributed by atoms with Crippen LogP contribution in [0.15, 0.2) is 24.3 Å². The Labute approximate surface area is 140 Å². The summed E-state index contributed by atoms with van der Waals surface area (Å²) in [5.41, 5.74) is 2.50. The summed E-state index contributed by atoms with van der Waals surface area (Å²) >= 11 is 0. The second-order valence-corrected chi connectivity index (χ2v) is 6.72. The van der Waals surface area contributed by atoms with Crippen LogP contribution in [0, 0.1) is 6.92 Å². The van der Waals surface area contributed by atoms with E-state index in [0.29, 0.717) is 18.5 Å². The molecule has 1 aromatic carbocycles. The molecule has 1 amide bonds. The number of piperazine rings is 1. The van der Waals surface area contributed by atoms with E-state index in [1.165, 1.54) is 11.1 Å². The molecule has 4 heteroatoms. The topological polar surface area (TPSA) is 32.8 Å².